The van der Waals surface area contributed by atoms with Gasteiger partial charge in [0, 0.05) is 66.8 Å². The van der Waals surface area contributed by atoms with E-state index in [2.05, 4.69) is 16.1 Å². The lowest BCUT2D eigenvalue weighted by atomic mass is 10.0. The third kappa shape index (κ3) is 6.12. The maximum Gasteiger partial charge on any atom is 0.260 e. The van der Waals surface area contributed by atoms with Crippen LogP contribution in [0.5, 0.6) is 23.0 Å². The minimum atomic E-state index is -0.197. The number of nitrogen functional groups attached to an aromatic ring is 1. The van der Waals surface area contributed by atoms with Crippen LogP contribution in [0.15, 0.2) is 88.4 Å². The normalized spacial score (nSPS) is 18.6. The zero-order chi connectivity index (χ0) is 35.1. The Morgan fingerprint density at radius 3 is 1.82 bits per heavy atom. The Balaban J connectivity index is 0.916. The van der Waals surface area contributed by atoms with Crippen LogP contribution in [0, 0.1) is 0 Å². The molecule has 2 amide bonds. The summed E-state index contributed by atoms with van der Waals surface area (Å²) in [6.07, 6.45) is 9.36. The SMILES string of the molecule is COc1cc2c(cc1OCCCOc1cc3c(cc1OC)C(=O)N1C=C(c4cccs4)C[C@H]1C=N3)N=CC1CC(c3ccc(N)cc3)=CN1C2=O. The van der Waals surface area contributed by atoms with Crippen LogP contribution in [0.1, 0.15) is 50.4 Å². The molecule has 4 aromatic rings. The first kappa shape index (κ1) is 32.3. The predicted octanol–water partition coefficient (Wildman–Crippen LogP) is 7.14. The molecule has 4 aliphatic heterocycles. The molecule has 0 bridgehead atoms. The van der Waals surface area contributed by atoms with E-state index in [-0.39, 0.29) is 23.9 Å². The quantitative estimate of drug-likeness (QED) is 0.138. The molecule has 258 valence electrons. The van der Waals surface area contributed by atoms with E-state index in [9.17, 15) is 9.59 Å². The summed E-state index contributed by atoms with van der Waals surface area (Å²) in [5, 5.41) is 2.03. The van der Waals surface area contributed by atoms with Crippen LogP contribution in [-0.4, -0.2) is 73.6 Å². The summed E-state index contributed by atoms with van der Waals surface area (Å²) in [6.45, 7) is 0.631. The fourth-order valence-electron chi connectivity index (χ4n) is 6.70. The monoisotopic (exact) mass is 701 g/mol. The number of rotatable bonds is 10. The van der Waals surface area contributed by atoms with Crippen molar-refractivity contribution in [3.8, 4) is 23.0 Å². The van der Waals surface area contributed by atoms with Gasteiger partial charge in [-0.25, -0.2) is 0 Å². The molecule has 3 aromatic carbocycles. The number of thiophene rings is 1. The van der Waals surface area contributed by atoms with Crippen LogP contribution in [0.2, 0.25) is 0 Å². The molecule has 0 fully saturated rings. The van der Waals surface area contributed by atoms with E-state index >= 15 is 0 Å². The molecule has 12 heteroatoms. The molecule has 2 N–H and O–H groups in total. The standard InChI is InChI=1S/C39H35N5O6S/c1-47-33-15-29-31(41-19-27-13-24(21-43(27)38(29)45)23-6-8-26(40)9-7-23)17-35(33)49-10-4-11-50-36-18-32-30(16-34(36)48-2)39(46)44-22-25(14-28(44)20-42-32)37-5-3-12-51-37/h3,5-9,12,15-22,27-28H,4,10-11,13-14,40H2,1-2H3/t27?,28-/m0/s1. The van der Waals surface area contributed by atoms with Crippen molar-refractivity contribution in [3.63, 3.8) is 0 Å². The first-order valence-corrected chi connectivity index (χ1v) is 17.5. The van der Waals surface area contributed by atoms with Crippen molar-refractivity contribution in [3.05, 3.63) is 100 Å². The highest BCUT2D eigenvalue weighted by Gasteiger charge is 2.35. The number of nitrogens with zero attached hydrogens (tertiary/aromatic N) is 4. The molecule has 0 aliphatic carbocycles. The third-order valence-electron chi connectivity index (χ3n) is 9.35. The van der Waals surface area contributed by atoms with Gasteiger partial charge in [0.2, 0.25) is 0 Å². The molecule has 11 nitrogen and oxygen atoms in total. The predicted molar refractivity (Wildman–Crippen MR) is 198 cm³/mol. The number of nitrogens with two attached hydrogens (primary N) is 1. The fourth-order valence-corrected chi connectivity index (χ4v) is 7.44. The highest BCUT2D eigenvalue weighted by atomic mass is 32.1. The summed E-state index contributed by atoms with van der Waals surface area (Å²) in [5.41, 5.74) is 11.7. The van der Waals surface area contributed by atoms with Gasteiger partial charge in [-0.3, -0.25) is 19.6 Å². The van der Waals surface area contributed by atoms with Gasteiger partial charge in [0.25, 0.3) is 11.8 Å². The Morgan fingerprint density at radius 2 is 1.29 bits per heavy atom. The Bertz CT molecular complexity index is 2140. The van der Waals surface area contributed by atoms with Crippen LogP contribution in [-0.2, 0) is 0 Å². The molecule has 8 rings (SSSR count). The van der Waals surface area contributed by atoms with E-state index in [4.69, 9.17) is 24.7 Å². The number of fused-ring (bicyclic) bond motifs is 4. The van der Waals surface area contributed by atoms with E-state index in [1.165, 1.54) is 0 Å². The van der Waals surface area contributed by atoms with Crippen molar-refractivity contribution in [2.45, 2.75) is 31.3 Å². The average molecular weight is 702 g/mol. The molecule has 1 aromatic heterocycles. The Hall–Kier alpha value is -5.88. The second kappa shape index (κ2) is 13.4. The van der Waals surface area contributed by atoms with Crippen LogP contribution in [0.3, 0.4) is 0 Å². The Labute approximate surface area is 298 Å². The molecule has 1 unspecified atom stereocenters. The second-order valence-electron chi connectivity index (χ2n) is 12.5. The van der Waals surface area contributed by atoms with E-state index in [1.807, 2.05) is 60.5 Å². The number of methoxy groups -OCH3 is 2. The van der Waals surface area contributed by atoms with E-state index < -0.39 is 0 Å². The fraction of sp³-hybridized carbons (Fsp3) is 0.231. The van der Waals surface area contributed by atoms with Crippen LogP contribution >= 0.6 is 11.3 Å². The van der Waals surface area contributed by atoms with Gasteiger partial charge in [-0.15, -0.1) is 11.3 Å². The minimum Gasteiger partial charge on any atom is -0.493 e. The number of carbonyl (C=O) groups excluding carboxylic acids is 2. The van der Waals surface area contributed by atoms with E-state index in [0.29, 0.717) is 83.7 Å². The Kier molecular flexibility index (Phi) is 8.52. The molecule has 4 aliphatic rings. The summed E-state index contributed by atoms with van der Waals surface area (Å²) in [7, 11) is 3.09. The first-order valence-electron chi connectivity index (χ1n) is 16.6. The molecule has 51 heavy (non-hydrogen) atoms. The van der Waals surface area contributed by atoms with Gasteiger partial charge in [0.05, 0.1) is 62.0 Å². The lowest BCUT2D eigenvalue weighted by Gasteiger charge is -2.19. The maximum absolute atomic E-state index is 13.7. The number of ether oxygens (including phenoxy) is 4. The zero-order valence-electron chi connectivity index (χ0n) is 28.1. The largest absolute Gasteiger partial charge is 0.493 e. The lowest BCUT2D eigenvalue weighted by Crippen LogP contribution is -2.32. The van der Waals surface area contributed by atoms with Crippen molar-refractivity contribution in [1.82, 2.24) is 9.80 Å². The second-order valence-corrected chi connectivity index (χ2v) is 13.5. The molecule has 0 radical (unpaired) electrons. The third-order valence-corrected chi connectivity index (χ3v) is 10.3. The number of aliphatic imine (C=N–C) groups is 2. The summed E-state index contributed by atoms with van der Waals surface area (Å²) < 4.78 is 23.5. The zero-order valence-corrected chi connectivity index (χ0v) is 28.9. The number of amides is 2. The molecule has 0 spiro atoms. The number of anilines is 1. The van der Waals surface area contributed by atoms with Gasteiger partial charge in [-0.05, 0) is 52.4 Å². The van der Waals surface area contributed by atoms with Gasteiger partial charge < -0.3 is 34.5 Å². The van der Waals surface area contributed by atoms with E-state index in [1.54, 1.807) is 59.6 Å². The number of hydrogen-bond donors (Lipinski definition) is 1. The molecular weight excluding hydrogens is 667 g/mol. The molecule has 5 heterocycles. The smallest absolute Gasteiger partial charge is 0.260 e. The molecular formula is C39H35N5O6S. The molecule has 0 saturated heterocycles. The van der Waals surface area contributed by atoms with Crippen molar-refractivity contribution in [2.75, 3.05) is 33.2 Å². The molecule has 0 saturated carbocycles. The number of benzene rings is 3. The summed E-state index contributed by atoms with van der Waals surface area (Å²) >= 11 is 1.66. The summed E-state index contributed by atoms with van der Waals surface area (Å²) in [4.78, 5) is 41.3. The number of hydrogen-bond acceptors (Lipinski definition) is 10. The van der Waals surface area contributed by atoms with Gasteiger partial charge >= 0.3 is 0 Å². The highest BCUT2D eigenvalue weighted by molar-refractivity contribution is 7.11. The van der Waals surface area contributed by atoms with Crippen molar-refractivity contribution < 1.29 is 28.5 Å². The Morgan fingerprint density at radius 1 is 0.745 bits per heavy atom. The van der Waals surface area contributed by atoms with Crippen LogP contribution in [0.4, 0.5) is 17.1 Å². The average Bonchev–Trinajstić information content (AvgIpc) is 3.90. The van der Waals surface area contributed by atoms with Crippen molar-refractivity contribution in [2.24, 2.45) is 9.98 Å². The molecule has 2 atom stereocenters. The highest BCUT2D eigenvalue weighted by Crippen LogP contribution is 2.42. The lowest BCUT2D eigenvalue weighted by molar-refractivity contribution is 0.0809. The summed E-state index contributed by atoms with van der Waals surface area (Å²) in [6, 6.07) is 18.2. The van der Waals surface area contributed by atoms with Gasteiger partial charge in [-0.1, -0.05) is 18.2 Å². The first-order chi connectivity index (χ1) is 24.9. The van der Waals surface area contributed by atoms with Crippen molar-refractivity contribution >= 4 is 63.8 Å². The van der Waals surface area contributed by atoms with Crippen LogP contribution < -0.4 is 24.7 Å². The topological polar surface area (TPSA) is 128 Å². The van der Waals surface area contributed by atoms with Gasteiger partial charge in [-0.2, -0.15) is 0 Å². The summed E-state index contributed by atoms with van der Waals surface area (Å²) in [5.74, 6) is 1.57. The van der Waals surface area contributed by atoms with Gasteiger partial charge in [0.15, 0.2) is 23.0 Å². The number of carbonyl (C=O) groups is 2. The van der Waals surface area contributed by atoms with Crippen molar-refractivity contribution in [1.29, 1.82) is 0 Å². The maximum atomic E-state index is 13.7. The minimum absolute atomic E-state index is 0.127. The van der Waals surface area contributed by atoms with E-state index in [0.717, 1.165) is 21.6 Å². The van der Waals surface area contributed by atoms with Gasteiger partial charge in [0.1, 0.15) is 0 Å². The van der Waals surface area contributed by atoms with Crippen LogP contribution in [0.25, 0.3) is 11.1 Å².